The molecule has 5 heteroatoms. The zero-order valence-electron chi connectivity index (χ0n) is 12.4. The van der Waals surface area contributed by atoms with Crippen molar-refractivity contribution in [2.24, 2.45) is 0 Å². The normalized spacial score (nSPS) is 29.8. The number of hydrogen-bond donors (Lipinski definition) is 1. The van der Waals surface area contributed by atoms with Gasteiger partial charge in [0.15, 0.2) is 5.78 Å². The van der Waals surface area contributed by atoms with Gasteiger partial charge in [0.25, 0.3) is 0 Å². The summed E-state index contributed by atoms with van der Waals surface area (Å²) in [5, 5.41) is 9.70. The molecule has 2 unspecified atom stereocenters. The Balaban J connectivity index is 2.02. The first-order chi connectivity index (χ1) is 10.5. The summed E-state index contributed by atoms with van der Waals surface area (Å²) in [4.78, 5) is 14.2. The van der Waals surface area contributed by atoms with Crippen LogP contribution in [0.4, 0.5) is 0 Å². The number of hydrogen-bond acceptors (Lipinski definition) is 4. The summed E-state index contributed by atoms with van der Waals surface area (Å²) in [6.07, 6.45) is 4.95. The van der Waals surface area contributed by atoms with Gasteiger partial charge < -0.3 is 14.7 Å². The Morgan fingerprint density at radius 1 is 1.55 bits per heavy atom. The Bertz CT molecular complexity index is 700. The average molecular weight is 364 g/mol. The molecule has 1 aromatic carbocycles. The molecule has 2 aliphatic heterocycles. The molecule has 4 rings (SSSR count). The van der Waals surface area contributed by atoms with E-state index in [1.54, 1.807) is 6.08 Å². The first-order valence-corrected chi connectivity index (χ1v) is 8.37. The van der Waals surface area contributed by atoms with E-state index < -0.39 is 0 Å². The molecule has 2 heterocycles. The molecule has 0 fully saturated rings. The average Bonchev–Trinajstić information content (AvgIpc) is 2.74. The molecule has 4 nitrogen and oxygen atoms in total. The fourth-order valence-electron chi connectivity index (χ4n) is 4.03. The van der Waals surface area contributed by atoms with Crippen LogP contribution < -0.4 is 4.74 Å². The Labute approximate surface area is 137 Å². The third-order valence-electron chi connectivity index (χ3n) is 5.17. The molecule has 1 aromatic rings. The van der Waals surface area contributed by atoms with Gasteiger partial charge in [0.05, 0.1) is 12.0 Å². The summed E-state index contributed by atoms with van der Waals surface area (Å²) in [5.74, 6) is 0.910. The number of aliphatic hydroxyl groups is 1. The second-order valence-electron chi connectivity index (χ2n) is 6.50. The van der Waals surface area contributed by atoms with Crippen LogP contribution >= 0.6 is 15.9 Å². The largest absolute Gasteiger partial charge is 0.488 e. The molecular weight excluding hydrogens is 346 g/mol. The third kappa shape index (κ3) is 1.85. The summed E-state index contributed by atoms with van der Waals surface area (Å²) in [7, 11) is 2.12. The van der Waals surface area contributed by atoms with Gasteiger partial charge in [-0.1, -0.05) is 22.0 Å². The molecule has 3 aliphatic rings. The second kappa shape index (κ2) is 4.91. The predicted molar refractivity (Wildman–Crippen MR) is 85.9 cm³/mol. The summed E-state index contributed by atoms with van der Waals surface area (Å²) in [6.45, 7) is 1.74. The van der Waals surface area contributed by atoms with Crippen LogP contribution in [0, 0.1) is 0 Å². The number of nitrogens with zero attached hydrogens (tertiary/aromatic N) is 1. The lowest BCUT2D eigenvalue weighted by Crippen LogP contribution is -2.41. The summed E-state index contributed by atoms with van der Waals surface area (Å²) >= 11 is 3.67. The highest BCUT2D eigenvalue weighted by Crippen LogP contribution is 2.54. The van der Waals surface area contributed by atoms with Crippen molar-refractivity contribution in [3.63, 3.8) is 0 Å². The molecule has 0 saturated heterocycles. The summed E-state index contributed by atoms with van der Waals surface area (Å²) in [5.41, 5.74) is 2.94. The van der Waals surface area contributed by atoms with Gasteiger partial charge in [-0.15, -0.1) is 0 Å². The fourth-order valence-corrected chi connectivity index (χ4v) is 4.63. The number of ketones is 1. The van der Waals surface area contributed by atoms with E-state index in [1.165, 1.54) is 11.1 Å². The number of aliphatic hydroxyl groups excluding tert-OH is 1. The molecule has 22 heavy (non-hydrogen) atoms. The zero-order valence-corrected chi connectivity index (χ0v) is 14.0. The van der Waals surface area contributed by atoms with Crippen LogP contribution in [-0.2, 0) is 23.4 Å². The van der Waals surface area contributed by atoms with Gasteiger partial charge in [-0.2, -0.15) is 0 Å². The maximum absolute atomic E-state index is 11.9. The summed E-state index contributed by atoms with van der Waals surface area (Å²) < 4.78 is 7.20. The Morgan fingerprint density at radius 3 is 3.14 bits per heavy atom. The predicted octanol–water partition coefficient (Wildman–Crippen LogP) is 2.30. The maximum atomic E-state index is 11.9. The maximum Gasteiger partial charge on any atom is 0.159 e. The number of carbonyl (C=O) groups is 1. The number of carbonyl (C=O) groups excluding carboxylic acids is 1. The van der Waals surface area contributed by atoms with E-state index >= 15 is 0 Å². The van der Waals surface area contributed by atoms with Crippen LogP contribution in [0.1, 0.15) is 29.5 Å². The van der Waals surface area contributed by atoms with Crippen LogP contribution in [0.3, 0.4) is 0 Å². The van der Waals surface area contributed by atoms with Crippen molar-refractivity contribution in [3.05, 3.63) is 39.4 Å². The SMILES string of the molecule is CN1CCC23C=CC(=O)CC2Oc2c(CO)cc(Br)c(c23)C1. The first-order valence-electron chi connectivity index (χ1n) is 7.58. The molecule has 0 amide bonds. The fraction of sp³-hybridized carbons (Fsp3) is 0.471. The lowest BCUT2D eigenvalue weighted by Gasteiger charge is -2.33. The van der Waals surface area contributed by atoms with Gasteiger partial charge in [0.2, 0.25) is 0 Å². The zero-order chi connectivity index (χ0) is 15.5. The minimum atomic E-state index is -0.239. The molecule has 1 N–H and O–H groups in total. The highest BCUT2D eigenvalue weighted by molar-refractivity contribution is 9.10. The van der Waals surface area contributed by atoms with Gasteiger partial charge in [0, 0.05) is 28.6 Å². The van der Waals surface area contributed by atoms with E-state index in [-0.39, 0.29) is 23.9 Å². The van der Waals surface area contributed by atoms with Crippen molar-refractivity contribution in [2.75, 3.05) is 13.6 Å². The number of rotatable bonds is 1. The number of halogens is 1. The van der Waals surface area contributed by atoms with E-state index in [0.29, 0.717) is 6.42 Å². The molecule has 1 aliphatic carbocycles. The van der Waals surface area contributed by atoms with Gasteiger partial charge in [-0.3, -0.25) is 4.79 Å². The molecule has 0 radical (unpaired) electrons. The van der Waals surface area contributed by atoms with Crippen molar-refractivity contribution < 1.29 is 14.6 Å². The Hall–Kier alpha value is -1.17. The van der Waals surface area contributed by atoms with Crippen LogP contribution in [0.15, 0.2) is 22.7 Å². The van der Waals surface area contributed by atoms with E-state index in [0.717, 1.165) is 35.3 Å². The number of benzene rings is 1. The smallest absolute Gasteiger partial charge is 0.159 e. The molecule has 1 spiro atoms. The van der Waals surface area contributed by atoms with Crippen molar-refractivity contribution in [3.8, 4) is 5.75 Å². The quantitative estimate of drug-likeness (QED) is 0.831. The highest BCUT2D eigenvalue weighted by Gasteiger charge is 2.52. The third-order valence-corrected chi connectivity index (χ3v) is 5.88. The van der Waals surface area contributed by atoms with Crippen LogP contribution in [0.2, 0.25) is 0 Å². The van der Waals surface area contributed by atoms with Crippen molar-refractivity contribution in [1.82, 2.24) is 4.90 Å². The van der Waals surface area contributed by atoms with Crippen molar-refractivity contribution in [2.45, 2.75) is 37.5 Å². The van der Waals surface area contributed by atoms with E-state index in [4.69, 9.17) is 4.74 Å². The summed E-state index contributed by atoms with van der Waals surface area (Å²) in [6, 6.07) is 1.95. The van der Waals surface area contributed by atoms with Gasteiger partial charge in [-0.05, 0) is 37.7 Å². The lowest BCUT2D eigenvalue weighted by atomic mass is 9.69. The van der Waals surface area contributed by atoms with Gasteiger partial charge in [-0.25, -0.2) is 0 Å². The number of allylic oxidation sites excluding steroid dienone is 1. The highest BCUT2D eigenvalue weighted by atomic mass is 79.9. The Kier molecular flexibility index (Phi) is 3.22. The van der Waals surface area contributed by atoms with E-state index in [2.05, 4.69) is 27.9 Å². The van der Waals surface area contributed by atoms with Crippen LogP contribution in [-0.4, -0.2) is 35.5 Å². The molecular formula is C17H18BrNO3. The van der Waals surface area contributed by atoms with E-state index in [9.17, 15) is 9.90 Å². The molecule has 2 atom stereocenters. The second-order valence-corrected chi connectivity index (χ2v) is 7.35. The van der Waals surface area contributed by atoms with Gasteiger partial charge >= 0.3 is 0 Å². The van der Waals surface area contributed by atoms with Crippen molar-refractivity contribution in [1.29, 1.82) is 0 Å². The molecule has 0 aromatic heterocycles. The van der Waals surface area contributed by atoms with Crippen LogP contribution in [0.5, 0.6) is 5.75 Å². The standard InChI is InChI=1S/C17H18BrNO3/c1-19-5-4-17-3-2-11(21)7-14(17)22-16-10(9-20)6-13(18)12(8-19)15(16)17/h2-3,6,14,20H,4-5,7-9H2,1H3. The van der Waals surface area contributed by atoms with Gasteiger partial charge in [0.1, 0.15) is 11.9 Å². The number of ether oxygens (including phenoxy) is 1. The van der Waals surface area contributed by atoms with E-state index in [1.807, 2.05) is 12.1 Å². The van der Waals surface area contributed by atoms with Crippen molar-refractivity contribution >= 4 is 21.7 Å². The van der Waals surface area contributed by atoms with Crippen LogP contribution in [0.25, 0.3) is 0 Å². The molecule has 0 saturated carbocycles. The Morgan fingerprint density at radius 2 is 2.36 bits per heavy atom. The lowest BCUT2D eigenvalue weighted by molar-refractivity contribution is -0.117. The molecule has 0 bridgehead atoms. The first kappa shape index (κ1) is 14.4. The monoisotopic (exact) mass is 363 g/mol. The molecule has 116 valence electrons. The minimum absolute atomic E-state index is 0.0580. The minimum Gasteiger partial charge on any atom is -0.488 e. The topological polar surface area (TPSA) is 49.8 Å².